The van der Waals surface area contributed by atoms with Gasteiger partial charge in [0.15, 0.2) is 0 Å². The third-order valence-corrected chi connectivity index (χ3v) is 3.70. The highest BCUT2D eigenvalue weighted by atomic mass is 16.5. The van der Waals surface area contributed by atoms with E-state index in [2.05, 4.69) is 15.5 Å². The first-order valence-corrected chi connectivity index (χ1v) is 7.53. The average molecular weight is 322 g/mol. The number of methoxy groups -OCH3 is 1. The number of hydrazone groups is 1. The maximum absolute atomic E-state index is 12.1. The van der Waals surface area contributed by atoms with Crippen LogP contribution in [0.15, 0.2) is 53.6 Å². The molecular weight excluding hydrogens is 304 g/mol. The van der Waals surface area contributed by atoms with Crippen molar-refractivity contribution < 1.29 is 9.53 Å². The van der Waals surface area contributed by atoms with Gasteiger partial charge in [-0.1, -0.05) is 24.3 Å². The van der Waals surface area contributed by atoms with Crippen LogP contribution in [0.4, 0.5) is 0 Å². The smallest absolute Gasteiger partial charge is 0.247 e. The molecule has 24 heavy (non-hydrogen) atoms. The summed E-state index contributed by atoms with van der Waals surface area (Å²) < 4.78 is 7.06. The van der Waals surface area contributed by atoms with Crippen molar-refractivity contribution in [2.45, 2.75) is 6.42 Å². The molecule has 122 valence electrons. The zero-order valence-corrected chi connectivity index (χ0v) is 13.6. The molecule has 0 saturated heterocycles. The van der Waals surface area contributed by atoms with Crippen LogP contribution < -0.4 is 10.2 Å². The van der Waals surface area contributed by atoms with Crippen molar-refractivity contribution in [3.8, 4) is 5.75 Å². The number of nitrogens with zero attached hydrogens (tertiary/aromatic N) is 3. The van der Waals surface area contributed by atoms with Crippen LogP contribution in [0, 0.1) is 0 Å². The van der Waals surface area contributed by atoms with Crippen molar-refractivity contribution in [1.29, 1.82) is 0 Å². The molecule has 0 aliphatic heterocycles. The molecule has 1 amide bonds. The summed E-state index contributed by atoms with van der Waals surface area (Å²) >= 11 is 0. The van der Waals surface area contributed by atoms with E-state index in [-0.39, 0.29) is 12.3 Å². The van der Waals surface area contributed by atoms with E-state index in [1.54, 1.807) is 13.3 Å². The second kappa shape index (κ2) is 6.95. The Morgan fingerprint density at radius 3 is 2.92 bits per heavy atom. The molecule has 0 spiro atoms. The van der Waals surface area contributed by atoms with Gasteiger partial charge < -0.3 is 9.30 Å². The third-order valence-electron chi connectivity index (χ3n) is 3.70. The molecule has 0 bridgehead atoms. The Bertz CT molecular complexity index is 899. The van der Waals surface area contributed by atoms with E-state index in [9.17, 15) is 4.79 Å². The number of amides is 1. The SMILES string of the molecule is COc1cccc(/C=N/NC(=O)Cc2nc3ccccc3n2C)c1. The quantitative estimate of drug-likeness (QED) is 0.579. The summed E-state index contributed by atoms with van der Waals surface area (Å²) in [6.07, 6.45) is 1.75. The fourth-order valence-electron chi connectivity index (χ4n) is 2.44. The zero-order chi connectivity index (χ0) is 16.9. The minimum Gasteiger partial charge on any atom is -0.497 e. The van der Waals surface area contributed by atoms with Gasteiger partial charge in [-0.3, -0.25) is 4.79 Å². The predicted octanol–water partition coefficient (Wildman–Crippen LogP) is 2.27. The Morgan fingerprint density at radius 1 is 1.29 bits per heavy atom. The first-order valence-electron chi connectivity index (χ1n) is 7.53. The second-order valence-corrected chi connectivity index (χ2v) is 5.32. The highest BCUT2D eigenvalue weighted by Gasteiger charge is 2.10. The predicted molar refractivity (Wildman–Crippen MR) is 93.1 cm³/mol. The van der Waals surface area contributed by atoms with Crippen LogP contribution in [0.25, 0.3) is 11.0 Å². The van der Waals surface area contributed by atoms with Crippen LogP contribution in [-0.2, 0) is 18.3 Å². The van der Waals surface area contributed by atoms with Crippen molar-refractivity contribution in [2.24, 2.45) is 12.1 Å². The Kier molecular flexibility index (Phi) is 4.56. The van der Waals surface area contributed by atoms with Gasteiger partial charge in [-0.2, -0.15) is 5.10 Å². The molecule has 6 nitrogen and oxygen atoms in total. The largest absolute Gasteiger partial charge is 0.497 e. The normalized spacial score (nSPS) is 11.1. The number of aromatic nitrogens is 2. The summed E-state index contributed by atoms with van der Waals surface area (Å²) in [7, 11) is 3.51. The molecule has 0 saturated carbocycles. The molecule has 0 atom stereocenters. The van der Waals surface area contributed by atoms with Crippen LogP contribution in [0.5, 0.6) is 5.75 Å². The summed E-state index contributed by atoms with van der Waals surface area (Å²) in [5.74, 6) is 1.22. The van der Waals surface area contributed by atoms with Crippen LogP contribution >= 0.6 is 0 Å². The number of nitrogens with one attached hydrogen (secondary N) is 1. The Labute approximate surface area is 139 Å². The number of hydrogen-bond acceptors (Lipinski definition) is 4. The van der Waals surface area contributed by atoms with E-state index in [1.165, 1.54) is 0 Å². The lowest BCUT2D eigenvalue weighted by atomic mass is 10.2. The highest BCUT2D eigenvalue weighted by molar-refractivity contribution is 5.84. The number of para-hydroxylation sites is 2. The fraction of sp³-hybridized carbons (Fsp3) is 0.167. The van der Waals surface area contributed by atoms with E-state index in [4.69, 9.17) is 4.74 Å². The van der Waals surface area contributed by atoms with Crippen molar-refractivity contribution in [3.63, 3.8) is 0 Å². The second-order valence-electron chi connectivity index (χ2n) is 5.32. The summed E-state index contributed by atoms with van der Waals surface area (Å²) in [6, 6.07) is 15.2. The zero-order valence-electron chi connectivity index (χ0n) is 13.6. The van der Waals surface area contributed by atoms with Gasteiger partial charge in [0.05, 0.1) is 30.8 Å². The summed E-state index contributed by atoms with van der Waals surface area (Å²) in [4.78, 5) is 16.5. The number of carbonyl (C=O) groups is 1. The monoisotopic (exact) mass is 322 g/mol. The van der Waals surface area contributed by atoms with E-state index < -0.39 is 0 Å². The van der Waals surface area contributed by atoms with Crippen LogP contribution in [0.1, 0.15) is 11.4 Å². The van der Waals surface area contributed by atoms with Crippen molar-refractivity contribution in [2.75, 3.05) is 7.11 Å². The van der Waals surface area contributed by atoms with Crippen molar-refractivity contribution in [1.82, 2.24) is 15.0 Å². The fourth-order valence-corrected chi connectivity index (χ4v) is 2.44. The minimum absolute atomic E-state index is 0.167. The molecule has 1 N–H and O–H groups in total. The van der Waals surface area contributed by atoms with Gasteiger partial charge in [0.2, 0.25) is 5.91 Å². The van der Waals surface area contributed by atoms with Gasteiger partial charge in [-0.05, 0) is 29.8 Å². The molecule has 0 aliphatic rings. The molecule has 1 heterocycles. The topological polar surface area (TPSA) is 68.5 Å². The van der Waals surface area contributed by atoms with Crippen LogP contribution in [0.2, 0.25) is 0 Å². The van der Waals surface area contributed by atoms with Crippen LogP contribution in [0.3, 0.4) is 0 Å². The van der Waals surface area contributed by atoms with Gasteiger partial charge in [0.25, 0.3) is 0 Å². The van der Waals surface area contributed by atoms with Gasteiger partial charge in [0, 0.05) is 7.05 Å². The molecule has 3 rings (SSSR count). The maximum atomic E-state index is 12.1. The number of imidazole rings is 1. The highest BCUT2D eigenvalue weighted by Crippen LogP contribution is 2.14. The lowest BCUT2D eigenvalue weighted by Crippen LogP contribution is -2.21. The number of fused-ring (bicyclic) bond motifs is 1. The third kappa shape index (κ3) is 3.43. The van der Waals surface area contributed by atoms with E-state index in [0.717, 1.165) is 22.3 Å². The van der Waals surface area contributed by atoms with E-state index >= 15 is 0 Å². The van der Waals surface area contributed by atoms with Crippen LogP contribution in [-0.4, -0.2) is 28.8 Å². The summed E-state index contributed by atoms with van der Waals surface area (Å²) in [5, 5.41) is 3.98. The number of hydrogen-bond donors (Lipinski definition) is 1. The van der Waals surface area contributed by atoms with E-state index in [1.807, 2.05) is 60.1 Å². The molecule has 0 radical (unpaired) electrons. The average Bonchev–Trinajstić information content (AvgIpc) is 2.91. The van der Waals surface area contributed by atoms with Gasteiger partial charge in [-0.25, -0.2) is 10.4 Å². The summed E-state index contributed by atoms with van der Waals surface area (Å²) in [5.41, 5.74) is 5.25. The Hall–Kier alpha value is -3.15. The van der Waals surface area contributed by atoms with Gasteiger partial charge >= 0.3 is 0 Å². The van der Waals surface area contributed by atoms with E-state index in [0.29, 0.717) is 5.82 Å². The lowest BCUT2D eigenvalue weighted by molar-refractivity contribution is -0.120. The Balaban J connectivity index is 1.64. The molecular formula is C18H18N4O2. The van der Waals surface area contributed by atoms with Crippen molar-refractivity contribution >= 4 is 23.2 Å². The number of aryl methyl sites for hydroxylation is 1. The Morgan fingerprint density at radius 2 is 2.12 bits per heavy atom. The maximum Gasteiger partial charge on any atom is 0.247 e. The standard InChI is InChI=1S/C18H18N4O2/c1-22-16-9-4-3-8-15(16)20-17(22)11-18(23)21-19-12-13-6-5-7-14(10-13)24-2/h3-10,12H,11H2,1-2H3,(H,21,23)/b19-12+. The molecule has 3 aromatic rings. The molecule has 2 aromatic carbocycles. The molecule has 0 unspecified atom stereocenters. The van der Waals surface area contributed by atoms with Gasteiger partial charge in [-0.15, -0.1) is 0 Å². The van der Waals surface area contributed by atoms with Crippen molar-refractivity contribution in [3.05, 3.63) is 59.9 Å². The number of carbonyl (C=O) groups excluding carboxylic acids is 1. The summed E-state index contributed by atoms with van der Waals surface area (Å²) in [6.45, 7) is 0. The molecule has 1 aromatic heterocycles. The first kappa shape index (κ1) is 15.7. The first-order chi connectivity index (χ1) is 11.7. The number of ether oxygens (including phenoxy) is 1. The molecule has 6 heteroatoms. The number of benzene rings is 2. The minimum atomic E-state index is -0.215. The lowest BCUT2D eigenvalue weighted by Gasteiger charge is -2.02. The molecule has 0 aliphatic carbocycles. The van der Waals surface area contributed by atoms with Gasteiger partial charge in [0.1, 0.15) is 11.6 Å². The number of rotatable bonds is 5. The molecule has 0 fully saturated rings.